The van der Waals surface area contributed by atoms with Crippen molar-refractivity contribution in [2.45, 2.75) is 6.42 Å². The molecule has 2 rings (SSSR count). The number of carbonyl (C=O) groups excluding carboxylic acids is 1. The summed E-state index contributed by atoms with van der Waals surface area (Å²) in [6.07, 6.45) is 0.401. The van der Waals surface area contributed by atoms with Gasteiger partial charge >= 0.3 is 0 Å². The quantitative estimate of drug-likeness (QED) is 0.650. The molecule has 1 saturated heterocycles. The number of halogens is 2. The van der Waals surface area contributed by atoms with Crippen LogP contribution in [0.1, 0.15) is 6.42 Å². The van der Waals surface area contributed by atoms with Crippen molar-refractivity contribution in [3.63, 3.8) is 0 Å². The lowest BCUT2D eigenvalue weighted by Crippen LogP contribution is -2.26. The molecule has 1 heterocycles. The Bertz CT molecular complexity index is 446. The van der Waals surface area contributed by atoms with Crippen LogP contribution in [0.5, 0.6) is 0 Å². The van der Waals surface area contributed by atoms with E-state index in [1.165, 1.54) is 11.0 Å². The van der Waals surface area contributed by atoms with Crippen molar-refractivity contribution in [1.82, 2.24) is 0 Å². The normalized spacial score (nSPS) is 20.1. The van der Waals surface area contributed by atoms with Crippen LogP contribution in [-0.2, 0) is 4.79 Å². The highest BCUT2D eigenvalue weighted by atomic mass is 79.9. The van der Waals surface area contributed by atoms with E-state index in [2.05, 4.69) is 28.6 Å². The summed E-state index contributed by atoms with van der Waals surface area (Å²) in [7, 11) is 0. The summed E-state index contributed by atoms with van der Waals surface area (Å²) in [4.78, 5) is 13.2. The molecule has 1 fully saturated rings. The minimum absolute atomic E-state index is 0.100. The van der Waals surface area contributed by atoms with Gasteiger partial charge in [0, 0.05) is 17.4 Å². The number of nitrogen functional groups attached to an aromatic ring is 1. The highest BCUT2D eigenvalue weighted by Gasteiger charge is 2.32. The summed E-state index contributed by atoms with van der Waals surface area (Å²) in [6, 6.07) is 2.91. The fraction of sp³-hybridized carbons (Fsp3) is 0.364. The number of amides is 1. The van der Waals surface area contributed by atoms with Gasteiger partial charge in [-0.3, -0.25) is 4.79 Å². The average Bonchev–Trinajstić information content (AvgIpc) is 2.59. The SMILES string of the molecule is Nc1cc(Br)cc(F)c1N1CC(CS)CC1=O. The zero-order valence-corrected chi connectivity index (χ0v) is 11.5. The summed E-state index contributed by atoms with van der Waals surface area (Å²) >= 11 is 7.33. The van der Waals surface area contributed by atoms with Crippen molar-refractivity contribution < 1.29 is 9.18 Å². The molecule has 1 unspecified atom stereocenters. The third-order valence-electron chi connectivity index (χ3n) is 2.79. The zero-order valence-electron chi connectivity index (χ0n) is 8.99. The second-order valence-electron chi connectivity index (χ2n) is 4.08. The van der Waals surface area contributed by atoms with Crippen molar-refractivity contribution in [2.24, 2.45) is 5.92 Å². The maximum Gasteiger partial charge on any atom is 0.227 e. The number of anilines is 2. The Hall–Kier alpha value is -0.750. The van der Waals surface area contributed by atoms with E-state index in [4.69, 9.17) is 5.73 Å². The van der Waals surface area contributed by atoms with E-state index in [0.717, 1.165) is 0 Å². The Balaban J connectivity index is 2.38. The van der Waals surface area contributed by atoms with Gasteiger partial charge < -0.3 is 10.6 Å². The van der Waals surface area contributed by atoms with Gasteiger partial charge in [-0.1, -0.05) is 15.9 Å². The van der Waals surface area contributed by atoms with Crippen LogP contribution in [-0.4, -0.2) is 18.2 Å². The van der Waals surface area contributed by atoms with E-state index in [-0.39, 0.29) is 23.2 Å². The summed E-state index contributed by atoms with van der Waals surface area (Å²) < 4.78 is 14.4. The first-order valence-electron chi connectivity index (χ1n) is 5.18. The molecule has 1 aromatic rings. The molecule has 2 N–H and O–H groups in total. The Kier molecular flexibility index (Phi) is 3.63. The molecule has 1 aromatic carbocycles. The molecule has 6 heteroatoms. The number of carbonyl (C=O) groups is 1. The highest BCUT2D eigenvalue weighted by molar-refractivity contribution is 9.10. The third-order valence-corrected chi connectivity index (χ3v) is 3.77. The van der Waals surface area contributed by atoms with E-state index < -0.39 is 5.82 Å². The molecule has 0 spiro atoms. The second kappa shape index (κ2) is 4.86. The molecule has 1 aliphatic rings. The van der Waals surface area contributed by atoms with Gasteiger partial charge in [0.1, 0.15) is 11.5 Å². The molecule has 1 aliphatic heterocycles. The van der Waals surface area contributed by atoms with Gasteiger partial charge in [0.05, 0.1) is 5.69 Å². The first kappa shape index (κ1) is 12.7. The van der Waals surface area contributed by atoms with Gasteiger partial charge in [-0.05, 0) is 23.8 Å². The molecule has 0 aromatic heterocycles. The Morgan fingerprint density at radius 3 is 2.82 bits per heavy atom. The molecule has 0 bridgehead atoms. The van der Waals surface area contributed by atoms with Gasteiger partial charge in [0.2, 0.25) is 5.91 Å². The Morgan fingerprint density at radius 1 is 1.59 bits per heavy atom. The lowest BCUT2D eigenvalue weighted by molar-refractivity contribution is -0.117. The molecule has 0 radical (unpaired) electrons. The Morgan fingerprint density at radius 2 is 2.29 bits per heavy atom. The lowest BCUT2D eigenvalue weighted by Gasteiger charge is -2.19. The predicted octanol–water partition coefficient (Wildman–Crippen LogP) is 2.45. The van der Waals surface area contributed by atoms with E-state index >= 15 is 0 Å². The molecule has 3 nitrogen and oxygen atoms in total. The van der Waals surface area contributed by atoms with Crippen molar-refractivity contribution in [3.05, 3.63) is 22.4 Å². The molecule has 0 aliphatic carbocycles. The van der Waals surface area contributed by atoms with Crippen LogP contribution >= 0.6 is 28.6 Å². The Labute approximate surface area is 113 Å². The molecular weight excluding hydrogens is 307 g/mol. The fourth-order valence-electron chi connectivity index (χ4n) is 1.99. The van der Waals surface area contributed by atoms with Gasteiger partial charge in [-0.2, -0.15) is 12.6 Å². The van der Waals surface area contributed by atoms with Crippen molar-refractivity contribution in [3.8, 4) is 0 Å². The number of benzene rings is 1. The zero-order chi connectivity index (χ0) is 12.6. The number of nitrogens with zero attached hydrogens (tertiary/aromatic N) is 1. The van der Waals surface area contributed by atoms with Crippen LogP contribution in [0.15, 0.2) is 16.6 Å². The number of nitrogens with two attached hydrogens (primary N) is 1. The van der Waals surface area contributed by atoms with E-state index in [0.29, 0.717) is 23.2 Å². The van der Waals surface area contributed by atoms with Gasteiger partial charge in [-0.25, -0.2) is 4.39 Å². The molecule has 0 saturated carbocycles. The first-order valence-corrected chi connectivity index (χ1v) is 6.61. The maximum absolute atomic E-state index is 13.8. The lowest BCUT2D eigenvalue weighted by atomic mass is 10.1. The van der Waals surface area contributed by atoms with Crippen LogP contribution in [0.2, 0.25) is 0 Å². The topological polar surface area (TPSA) is 46.3 Å². The number of rotatable bonds is 2. The van der Waals surface area contributed by atoms with Crippen LogP contribution < -0.4 is 10.6 Å². The van der Waals surface area contributed by atoms with Crippen LogP contribution in [0.4, 0.5) is 15.8 Å². The maximum atomic E-state index is 13.8. The van der Waals surface area contributed by atoms with Gasteiger partial charge in [0.25, 0.3) is 0 Å². The number of hydrogen-bond acceptors (Lipinski definition) is 3. The van der Waals surface area contributed by atoms with Crippen molar-refractivity contribution >= 4 is 45.8 Å². The summed E-state index contributed by atoms with van der Waals surface area (Å²) in [5.74, 6) is 0.190. The third kappa shape index (κ3) is 2.42. The summed E-state index contributed by atoms with van der Waals surface area (Å²) in [6.45, 7) is 0.477. The van der Waals surface area contributed by atoms with E-state index in [1.807, 2.05) is 0 Å². The van der Waals surface area contributed by atoms with Crippen LogP contribution in [0.3, 0.4) is 0 Å². The average molecular weight is 319 g/mol. The molecule has 1 amide bonds. The molecule has 1 atom stereocenters. The smallest absolute Gasteiger partial charge is 0.227 e. The molecular formula is C11H12BrFN2OS. The molecule has 92 valence electrons. The number of thiol groups is 1. The second-order valence-corrected chi connectivity index (χ2v) is 5.36. The highest BCUT2D eigenvalue weighted by Crippen LogP contribution is 2.34. The van der Waals surface area contributed by atoms with Crippen molar-refractivity contribution in [2.75, 3.05) is 22.9 Å². The van der Waals surface area contributed by atoms with E-state index in [9.17, 15) is 9.18 Å². The first-order chi connectivity index (χ1) is 8.02. The largest absolute Gasteiger partial charge is 0.397 e. The van der Waals surface area contributed by atoms with E-state index in [1.54, 1.807) is 6.07 Å². The van der Waals surface area contributed by atoms with Gasteiger partial charge in [0.15, 0.2) is 0 Å². The van der Waals surface area contributed by atoms with Crippen LogP contribution in [0, 0.1) is 11.7 Å². The fourth-order valence-corrected chi connectivity index (χ4v) is 2.68. The molecule has 17 heavy (non-hydrogen) atoms. The summed E-state index contributed by atoms with van der Waals surface area (Å²) in [5.41, 5.74) is 6.22. The van der Waals surface area contributed by atoms with Gasteiger partial charge in [-0.15, -0.1) is 0 Å². The predicted molar refractivity (Wildman–Crippen MR) is 72.8 cm³/mol. The van der Waals surface area contributed by atoms with Crippen molar-refractivity contribution in [1.29, 1.82) is 0 Å². The monoisotopic (exact) mass is 318 g/mol. The van der Waals surface area contributed by atoms with Crippen LogP contribution in [0.25, 0.3) is 0 Å². The minimum atomic E-state index is -0.481. The summed E-state index contributed by atoms with van der Waals surface area (Å²) in [5, 5.41) is 0. The minimum Gasteiger partial charge on any atom is -0.397 e. The standard InChI is InChI=1S/C11H12BrFN2OS/c12-7-2-8(13)11(9(14)3-7)15-4-6(5-17)1-10(15)16/h2-3,6,17H,1,4-5,14H2. The number of hydrogen-bond donors (Lipinski definition) is 2.